The van der Waals surface area contributed by atoms with Crippen molar-refractivity contribution in [2.24, 2.45) is 5.92 Å². The number of rotatable bonds is 3. The molecule has 1 atom stereocenters. The smallest absolute Gasteiger partial charge is 0.341 e. The summed E-state index contributed by atoms with van der Waals surface area (Å²) in [5.74, 6) is 0.978. The van der Waals surface area contributed by atoms with Crippen LogP contribution < -0.4 is 10.6 Å². The predicted octanol–water partition coefficient (Wildman–Crippen LogP) is 2.08. The molecular formula is C14H21N3O2. The lowest BCUT2D eigenvalue weighted by Gasteiger charge is -2.34. The number of nitrogens with two attached hydrogens (primary N) is 1. The minimum Gasteiger partial charge on any atom is -0.465 e. The summed E-state index contributed by atoms with van der Waals surface area (Å²) in [5, 5.41) is 0. The Balaban J connectivity index is 2.30. The largest absolute Gasteiger partial charge is 0.465 e. The van der Waals surface area contributed by atoms with E-state index < -0.39 is 0 Å². The van der Waals surface area contributed by atoms with Gasteiger partial charge in [-0.25, -0.2) is 9.78 Å². The molecule has 1 unspecified atom stereocenters. The quantitative estimate of drug-likeness (QED) is 0.846. The van der Waals surface area contributed by atoms with Crippen molar-refractivity contribution in [2.75, 3.05) is 30.8 Å². The molecule has 5 heteroatoms. The molecule has 5 nitrogen and oxygen atoms in total. The first-order valence-electron chi connectivity index (χ1n) is 6.74. The van der Waals surface area contributed by atoms with Gasteiger partial charge in [-0.1, -0.05) is 13.3 Å². The summed E-state index contributed by atoms with van der Waals surface area (Å²) in [6.07, 6.45) is 5.12. The van der Waals surface area contributed by atoms with Crippen molar-refractivity contribution in [2.45, 2.75) is 26.2 Å². The normalized spacial score (nSPS) is 19.3. The minimum atomic E-state index is -0.381. The van der Waals surface area contributed by atoms with Crippen LogP contribution in [0, 0.1) is 5.92 Å². The molecule has 0 bridgehead atoms. The summed E-state index contributed by atoms with van der Waals surface area (Å²) in [6, 6.07) is 1.64. The van der Waals surface area contributed by atoms with Gasteiger partial charge in [0.05, 0.1) is 19.0 Å². The molecule has 0 aliphatic carbocycles. The van der Waals surface area contributed by atoms with Gasteiger partial charge in [0.15, 0.2) is 0 Å². The zero-order chi connectivity index (χ0) is 13.8. The maximum atomic E-state index is 11.8. The van der Waals surface area contributed by atoms with Crippen LogP contribution in [-0.4, -0.2) is 31.2 Å². The molecule has 19 heavy (non-hydrogen) atoms. The molecule has 0 saturated carbocycles. The number of esters is 1. The number of nitrogen functional groups attached to an aromatic ring is 1. The summed E-state index contributed by atoms with van der Waals surface area (Å²) >= 11 is 0. The minimum absolute atomic E-state index is 0.381. The average Bonchev–Trinajstić information content (AvgIpc) is 2.46. The van der Waals surface area contributed by atoms with E-state index in [4.69, 9.17) is 10.5 Å². The van der Waals surface area contributed by atoms with E-state index in [0.29, 0.717) is 23.0 Å². The second kappa shape index (κ2) is 5.91. The molecular weight excluding hydrogens is 242 g/mol. The number of hydrogen-bond donors (Lipinski definition) is 1. The molecule has 1 aromatic rings. The van der Waals surface area contributed by atoms with Crippen LogP contribution >= 0.6 is 0 Å². The fraction of sp³-hybridized carbons (Fsp3) is 0.571. The number of anilines is 2. The lowest BCUT2D eigenvalue weighted by molar-refractivity contribution is 0.0601. The zero-order valence-electron chi connectivity index (χ0n) is 11.6. The molecule has 1 aliphatic heterocycles. The van der Waals surface area contributed by atoms with Crippen molar-refractivity contribution in [1.82, 2.24) is 4.98 Å². The Morgan fingerprint density at radius 1 is 1.63 bits per heavy atom. The summed E-state index contributed by atoms with van der Waals surface area (Å²) in [6.45, 7) is 4.07. The third-order valence-electron chi connectivity index (χ3n) is 3.69. The Kier molecular flexibility index (Phi) is 4.24. The predicted molar refractivity (Wildman–Crippen MR) is 75.2 cm³/mol. The van der Waals surface area contributed by atoms with E-state index >= 15 is 0 Å². The molecule has 1 saturated heterocycles. The van der Waals surface area contributed by atoms with Gasteiger partial charge in [-0.2, -0.15) is 0 Å². The second-order valence-electron chi connectivity index (χ2n) is 4.99. The summed E-state index contributed by atoms with van der Waals surface area (Å²) < 4.78 is 4.81. The number of hydrogen-bond acceptors (Lipinski definition) is 5. The first-order valence-corrected chi connectivity index (χ1v) is 6.74. The molecule has 0 spiro atoms. The Hall–Kier alpha value is -1.78. The topological polar surface area (TPSA) is 68.5 Å². The highest BCUT2D eigenvalue weighted by molar-refractivity contribution is 5.95. The van der Waals surface area contributed by atoms with E-state index in [1.165, 1.54) is 13.5 Å². The molecule has 0 amide bonds. The Morgan fingerprint density at radius 2 is 2.42 bits per heavy atom. The van der Waals surface area contributed by atoms with Gasteiger partial charge in [-0.3, -0.25) is 0 Å². The molecule has 2 rings (SSSR count). The Bertz CT molecular complexity index is 462. The number of nitrogens with zero attached hydrogens (tertiary/aromatic N) is 2. The number of pyridine rings is 1. The van der Waals surface area contributed by atoms with Crippen LogP contribution in [-0.2, 0) is 4.74 Å². The SMILES string of the molecule is CCC1CCCN(c2ncc(N)cc2C(=O)OC)C1. The van der Waals surface area contributed by atoms with E-state index in [0.717, 1.165) is 25.9 Å². The van der Waals surface area contributed by atoms with Crippen LogP contribution in [0.5, 0.6) is 0 Å². The molecule has 104 valence electrons. The van der Waals surface area contributed by atoms with E-state index in [1.54, 1.807) is 12.3 Å². The molecule has 1 fully saturated rings. The van der Waals surface area contributed by atoms with E-state index in [-0.39, 0.29) is 5.97 Å². The van der Waals surface area contributed by atoms with E-state index in [2.05, 4.69) is 16.8 Å². The van der Waals surface area contributed by atoms with Gasteiger partial charge in [0.2, 0.25) is 0 Å². The molecule has 0 radical (unpaired) electrons. The van der Waals surface area contributed by atoms with Crippen LogP contribution in [0.15, 0.2) is 12.3 Å². The van der Waals surface area contributed by atoms with Crippen molar-refractivity contribution in [3.63, 3.8) is 0 Å². The van der Waals surface area contributed by atoms with Crippen LogP contribution in [0.25, 0.3) is 0 Å². The molecule has 2 N–H and O–H groups in total. The fourth-order valence-electron chi connectivity index (χ4n) is 2.58. The van der Waals surface area contributed by atoms with Gasteiger partial charge < -0.3 is 15.4 Å². The number of carbonyl (C=O) groups excluding carboxylic acids is 1. The third-order valence-corrected chi connectivity index (χ3v) is 3.69. The van der Waals surface area contributed by atoms with Gasteiger partial charge in [0.25, 0.3) is 0 Å². The first-order chi connectivity index (χ1) is 9.15. The highest BCUT2D eigenvalue weighted by Gasteiger charge is 2.24. The Labute approximate surface area is 113 Å². The molecule has 1 aliphatic rings. The second-order valence-corrected chi connectivity index (χ2v) is 4.99. The Morgan fingerprint density at radius 3 is 3.11 bits per heavy atom. The summed E-state index contributed by atoms with van der Waals surface area (Å²) in [7, 11) is 1.38. The zero-order valence-corrected chi connectivity index (χ0v) is 11.6. The van der Waals surface area contributed by atoms with Crippen LogP contribution in [0.3, 0.4) is 0 Å². The van der Waals surface area contributed by atoms with Crippen molar-refractivity contribution < 1.29 is 9.53 Å². The number of ether oxygens (including phenoxy) is 1. The standard InChI is InChI=1S/C14H21N3O2/c1-3-10-5-4-6-17(9-10)13-12(14(18)19-2)7-11(15)8-16-13/h7-8,10H,3-6,9,15H2,1-2H3. The van der Waals surface area contributed by atoms with Gasteiger partial charge >= 0.3 is 5.97 Å². The monoisotopic (exact) mass is 263 g/mol. The maximum Gasteiger partial charge on any atom is 0.341 e. The number of carbonyl (C=O) groups is 1. The summed E-state index contributed by atoms with van der Waals surface area (Å²) in [4.78, 5) is 18.3. The highest BCUT2D eigenvalue weighted by Crippen LogP contribution is 2.27. The summed E-state index contributed by atoms with van der Waals surface area (Å²) in [5.41, 5.74) is 6.65. The first kappa shape index (κ1) is 13.6. The van der Waals surface area contributed by atoms with E-state index in [1.807, 2.05) is 0 Å². The number of aromatic nitrogens is 1. The van der Waals surface area contributed by atoms with Gasteiger partial charge in [0, 0.05) is 13.1 Å². The fourth-order valence-corrected chi connectivity index (χ4v) is 2.58. The van der Waals surface area contributed by atoms with Gasteiger partial charge in [0.1, 0.15) is 11.4 Å². The molecule has 2 heterocycles. The van der Waals surface area contributed by atoms with Crippen molar-refractivity contribution >= 4 is 17.5 Å². The van der Waals surface area contributed by atoms with Crippen LogP contribution in [0.1, 0.15) is 36.5 Å². The lowest BCUT2D eigenvalue weighted by atomic mass is 9.95. The van der Waals surface area contributed by atoms with Crippen molar-refractivity contribution in [3.05, 3.63) is 17.8 Å². The third kappa shape index (κ3) is 2.97. The van der Waals surface area contributed by atoms with Crippen molar-refractivity contribution in [3.8, 4) is 0 Å². The van der Waals surface area contributed by atoms with Crippen molar-refractivity contribution in [1.29, 1.82) is 0 Å². The average molecular weight is 263 g/mol. The van der Waals surface area contributed by atoms with Crippen LogP contribution in [0.2, 0.25) is 0 Å². The number of piperidine rings is 1. The number of methoxy groups -OCH3 is 1. The van der Waals surface area contributed by atoms with E-state index in [9.17, 15) is 4.79 Å². The van der Waals surface area contributed by atoms with Gasteiger partial charge in [-0.05, 0) is 24.8 Å². The van der Waals surface area contributed by atoms with Gasteiger partial charge in [-0.15, -0.1) is 0 Å². The maximum absolute atomic E-state index is 11.8. The highest BCUT2D eigenvalue weighted by atomic mass is 16.5. The van der Waals surface area contributed by atoms with Crippen LogP contribution in [0.4, 0.5) is 11.5 Å². The lowest BCUT2D eigenvalue weighted by Crippen LogP contribution is -2.36. The molecule has 0 aromatic carbocycles. The molecule has 1 aromatic heterocycles.